The monoisotopic (exact) mass is 468 g/mol. The maximum absolute atomic E-state index is 13.0. The lowest BCUT2D eigenvalue weighted by Gasteiger charge is -2.32. The quantitative estimate of drug-likeness (QED) is 0.694. The number of carbonyl (C=O) groups excluding carboxylic acids is 3. The van der Waals surface area contributed by atoms with Crippen molar-refractivity contribution in [3.63, 3.8) is 0 Å². The highest BCUT2D eigenvalue weighted by Gasteiger charge is 2.22. The molecule has 2 N–H and O–H groups in total. The molecule has 1 fully saturated rings. The molecule has 3 amide bonds. The Hall–Kier alpha value is -3.59. The minimum Gasteiger partial charge on any atom is -0.495 e. The molecular formula is C25H32N4O5. The number of hydrogen-bond acceptors (Lipinski definition) is 6. The number of piperazine rings is 1. The van der Waals surface area contributed by atoms with Crippen molar-refractivity contribution in [3.05, 3.63) is 53.6 Å². The number of nitrogens with one attached hydrogen (secondary N) is 2. The van der Waals surface area contributed by atoms with Crippen LogP contribution in [0.4, 0.5) is 16.2 Å². The van der Waals surface area contributed by atoms with Crippen molar-refractivity contribution < 1.29 is 23.9 Å². The number of carbonyl (C=O) groups is 3. The van der Waals surface area contributed by atoms with Crippen molar-refractivity contribution in [1.82, 2.24) is 9.80 Å². The largest absolute Gasteiger partial charge is 0.495 e. The maximum atomic E-state index is 13.0. The van der Waals surface area contributed by atoms with E-state index in [9.17, 15) is 14.4 Å². The summed E-state index contributed by atoms with van der Waals surface area (Å²) in [5, 5.41) is 5.44. The van der Waals surface area contributed by atoms with Crippen LogP contribution in [-0.2, 0) is 4.74 Å². The van der Waals surface area contributed by atoms with Crippen LogP contribution in [0, 0.1) is 0 Å². The lowest BCUT2D eigenvalue weighted by Crippen LogP contribution is -2.47. The third-order valence-electron chi connectivity index (χ3n) is 5.26. The lowest BCUT2D eigenvalue weighted by atomic mass is 10.1. The molecule has 0 unspecified atom stereocenters. The lowest BCUT2D eigenvalue weighted by molar-refractivity contribution is 0.0633. The van der Waals surface area contributed by atoms with Gasteiger partial charge in [0.15, 0.2) is 0 Å². The van der Waals surface area contributed by atoms with Crippen molar-refractivity contribution in [2.45, 2.75) is 26.4 Å². The van der Waals surface area contributed by atoms with E-state index in [1.807, 2.05) is 7.05 Å². The number of likely N-dealkylation sites (N-methyl/N-ethyl adjacent to an activating group) is 1. The molecular weight excluding hydrogens is 436 g/mol. The molecule has 1 aliphatic heterocycles. The zero-order valence-corrected chi connectivity index (χ0v) is 20.3. The summed E-state index contributed by atoms with van der Waals surface area (Å²) in [6, 6.07) is 11.5. The van der Waals surface area contributed by atoms with Crippen LogP contribution < -0.4 is 15.4 Å². The van der Waals surface area contributed by atoms with E-state index in [1.54, 1.807) is 68.1 Å². The van der Waals surface area contributed by atoms with E-state index in [1.165, 1.54) is 7.11 Å². The fraction of sp³-hybridized carbons (Fsp3) is 0.400. The minimum absolute atomic E-state index is 0.0881. The molecule has 9 nitrogen and oxygen atoms in total. The number of ether oxygens (including phenoxy) is 2. The fourth-order valence-corrected chi connectivity index (χ4v) is 3.48. The third kappa shape index (κ3) is 6.71. The van der Waals surface area contributed by atoms with Crippen molar-refractivity contribution >= 4 is 29.3 Å². The van der Waals surface area contributed by atoms with Crippen molar-refractivity contribution in [2.24, 2.45) is 0 Å². The summed E-state index contributed by atoms with van der Waals surface area (Å²) in [6.07, 6.45) is -0.609. The average Bonchev–Trinajstić information content (AvgIpc) is 2.78. The first-order valence-electron chi connectivity index (χ1n) is 11.1. The molecule has 0 aliphatic carbocycles. The number of hydrogen-bond donors (Lipinski definition) is 2. The Morgan fingerprint density at radius 2 is 1.62 bits per heavy atom. The Kier molecular flexibility index (Phi) is 7.78. The normalized spacial score (nSPS) is 14.3. The van der Waals surface area contributed by atoms with Gasteiger partial charge in [0.2, 0.25) is 0 Å². The van der Waals surface area contributed by atoms with E-state index in [4.69, 9.17) is 9.47 Å². The van der Waals surface area contributed by atoms with Gasteiger partial charge in [0.1, 0.15) is 11.4 Å². The number of methoxy groups -OCH3 is 1. The Morgan fingerprint density at radius 3 is 2.26 bits per heavy atom. The van der Waals surface area contributed by atoms with Gasteiger partial charge in [-0.3, -0.25) is 14.9 Å². The molecule has 1 aliphatic rings. The highest BCUT2D eigenvalue weighted by Crippen LogP contribution is 2.27. The van der Waals surface area contributed by atoms with E-state index in [0.29, 0.717) is 41.3 Å². The van der Waals surface area contributed by atoms with E-state index in [0.717, 1.165) is 13.1 Å². The first-order valence-corrected chi connectivity index (χ1v) is 11.1. The van der Waals surface area contributed by atoms with E-state index >= 15 is 0 Å². The van der Waals surface area contributed by atoms with Gasteiger partial charge in [-0.05, 0) is 64.2 Å². The van der Waals surface area contributed by atoms with Gasteiger partial charge in [-0.1, -0.05) is 6.07 Å². The second kappa shape index (κ2) is 10.6. The molecule has 2 aromatic carbocycles. The molecule has 0 atom stereocenters. The van der Waals surface area contributed by atoms with Crippen LogP contribution >= 0.6 is 0 Å². The zero-order valence-electron chi connectivity index (χ0n) is 20.3. The molecule has 34 heavy (non-hydrogen) atoms. The predicted molar refractivity (Wildman–Crippen MR) is 131 cm³/mol. The molecule has 2 aromatic rings. The van der Waals surface area contributed by atoms with Gasteiger partial charge in [0.25, 0.3) is 11.8 Å². The zero-order chi connectivity index (χ0) is 24.9. The summed E-state index contributed by atoms with van der Waals surface area (Å²) >= 11 is 0. The van der Waals surface area contributed by atoms with Crippen LogP contribution in [0.3, 0.4) is 0 Å². The summed E-state index contributed by atoms with van der Waals surface area (Å²) in [7, 11) is 3.53. The predicted octanol–water partition coefficient (Wildman–Crippen LogP) is 3.68. The standard InChI is InChI=1S/C25H32N4O5/c1-25(2,3)34-24(32)26-19-8-6-7-17(15-19)22(30)27-20-16-18(9-10-21(20)33-5)23(31)29-13-11-28(4)12-14-29/h6-10,15-16H,11-14H2,1-5H3,(H,26,32)(H,27,30). The molecule has 3 rings (SSSR count). The Labute approximate surface area is 200 Å². The van der Waals surface area contributed by atoms with Crippen LogP contribution in [0.15, 0.2) is 42.5 Å². The fourth-order valence-electron chi connectivity index (χ4n) is 3.48. The second-order valence-corrected chi connectivity index (χ2v) is 9.17. The first-order chi connectivity index (χ1) is 16.1. The summed E-state index contributed by atoms with van der Waals surface area (Å²) in [6.45, 7) is 8.25. The van der Waals surface area contributed by atoms with E-state index < -0.39 is 17.6 Å². The van der Waals surface area contributed by atoms with Gasteiger partial charge in [-0.2, -0.15) is 0 Å². The number of amides is 3. The topological polar surface area (TPSA) is 100 Å². The molecule has 0 saturated carbocycles. The third-order valence-corrected chi connectivity index (χ3v) is 5.26. The molecule has 9 heteroatoms. The van der Waals surface area contributed by atoms with Crippen molar-refractivity contribution in [3.8, 4) is 5.75 Å². The SMILES string of the molecule is COc1ccc(C(=O)N2CCN(C)CC2)cc1NC(=O)c1cccc(NC(=O)OC(C)(C)C)c1. The number of nitrogens with zero attached hydrogens (tertiary/aromatic N) is 2. The maximum Gasteiger partial charge on any atom is 0.412 e. The van der Waals surface area contributed by atoms with Crippen LogP contribution in [0.2, 0.25) is 0 Å². The summed E-state index contributed by atoms with van der Waals surface area (Å²) in [5.41, 5.74) is 0.973. The average molecular weight is 469 g/mol. The van der Waals surface area contributed by atoms with Crippen molar-refractivity contribution in [1.29, 1.82) is 0 Å². The van der Waals surface area contributed by atoms with Crippen molar-refractivity contribution in [2.75, 3.05) is 51.0 Å². The van der Waals surface area contributed by atoms with Gasteiger partial charge >= 0.3 is 6.09 Å². The van der Waals surface area contributed by atoms with Gasteiger partial charge in [-0.15, -0.1) is 0 Å². The summed E-state index contributed by atoms with van der Waals surface area (Å²) in [5.74, 6) is -0.0588. The van der Waals surface area contributed by atoms with Gasteiger partial charge < -0.3 is 24.6 Å². The summed E-state index contributed by atoms with van der Waals surface area (Å²) in [4.78, 5) is 41.9. The molecule has 0 aromatic heterocycles. The first kappa shape index (κ1) is 25.0. The Bertz CT molecular complexity index is 1060. The smallest absolute Gasteiger partial charge is 0.412 e. The molecule has 1 heterocycles. The van der Waals surface area contributed by atoms with E-state index in [2.05, 4.69) is 15.5 Å². The van der Waals surface area contributed by atoms with Crippen LogP contribution in [0.1, 0.15) is 41.5 Å². The number of anilines is 2. The number of rotatable bonds is 5. The van der Waals surface area contributed by atoms with E-state index in [-0.39, 0.29) is 5.91 Å². The number of benzene rings is 2. The Balaban J connectivity index is 1.74. The highest BCUT2D eigenvalue weighted by molar-refractivity contribution is 6.06. The second-order valence-electron chi connectivity index (χ2n) is 9.17. The van der Waals surface area contributed by atoms with Crippen LogP contribution in [-0.4, -0.2) is 73.6 Å². The Morgan fingerprint density at radius 1 is 0.912 bits per heavy atom. The molecule has 1 saturated heterocycles. The highest BCUT2D eigenvalue weighted by atomic mass is 16.6. The molecule has 0 radical (unpaired) electrons. The molecule has 0 spiro atoms. The molecule has 182 valence electrons. The van der Waals surface area contributed by atoms with Gasteiger partial charge in [0.05, 0.1) is 12.8 Å². The van der Waals surface area contributed by atoms with Gasteiger partial charge in [-0.25, -0.2) is 4.79 Å². The van der Waals surface area contributed by atoms with Gasteiger partial charge in [0, 0.05) is 43.0 Å². The minimum atomic E-state index is -0.637. The summed E-state index contributed by atoms with van der Waals surface area (Å²) < 4.78 is 10.6. The van der Waals surface area contributed by atoms with Crippen LogP contribution in [0.25, 0.3) is 0 Å². The molecule has 0 bridgehead atoms. The van der Waals surface area contributed by atoms with Crippen LogP contribution in [0.5, 0.6) is 5.75 Å².